The number of anilines is 1. The lowest BCUT2D eigenvalue weighted by Crippen LogP contribution is -2.24. The van der Waals surface area contributed by atoms with Gasteiger partial charge in [-0.1, -0.05) is 0 Å². The maximum absolute atomic E-state index is 11.5. The van der Waals surface area contributed by atoms with Crippen molar-refractivity contribution in [2.45, 2.75) is 32.2 Å². The molecule has 19 heavy (non-hydrogen) atoms. The van der Waals surface area contributed by atoms with E-state index < -0.39 is 0 Å². The molecular formula is C13H21N5O. The second kappa shape index (κ2) is 7.04. The van der Waals surface area contributed by atoms with Crippen LogP contribution in [-0.2, 0) is 0 Å². The summed E-state index contributed by atoms with van der Waals surface area (Å²) in [7, 11) is 0. The van der Waals surface area contributed by atoms with Gasteiger partial charge < -0.3 is 16.0 Å². The van der Waals surface area contributed by atoms with E-state index in [1.54, 1.807) is 12.1 Å². The monoisotopic (exact) mass is 263 g/mol. The van der Waals surface area contributed by atoms with Crippen LogP contribution < -0.4 is 16.0 Å². The van der Waals surface area contributed by atoms with Crippen molar-refractivity contribution in [3.05, 3.63) is 17.8 Å². The van der Waals surface area contributed by atoms with Crippen molar-refractivity contribution >= 4 is 11.7 Å². The normalized spacial score (nSPS) is 14.2. The van der Waals surface area contributed by atoms with Crippen LogP contribution in [0.4, 0.5) is 5.82 Å². The molecule has 0 radical (unpaired) electrons. The van der Waals surface area contributed by atoms with Crippen LogP contribution in [0.5, 0.6) is 0 Å². The first-order valence-corrected chi connectivity index (χ1v) is 6.88. The third-order valence-electron chi connectivity index (χ3n) is 2.90. The van der Waals surface area contributed by atoms with Gasteiger partial charge >= 0.3 is 0 Å². The average molecular weight is 263 g/mol. The molecule has 1 amide bonds. The summed E-state index contributed by atoms with van der Waals surface area (Å²) in [4.78, 5) is 11.5. The number of amides is 1. The summed E-state index contributed by atoms with van der Waals surface area (Å²) in [5, 5.41) is 17.2. The maximum atomic E-state index is 11.5. The summed E-state index contributed by atoms with van der Waals surface area (Å²) in [6.45, 7) is 4.35. The lowest BCUT2D eigenvalue weighted by Gasteiger charge is -2.06. The van der Waals surface area contributed by atoms with Gasteiger partial charge in [0.05, 0.1) is 0 Å². The minimum atomic E-state index is -0.185. The Morgan fingerprint density at radius 2 is 2.16 bits per heavy atom. The van der Waals surface area contributed by atoms with Crippen molar-refractivity contribution in [3.8, 4) is 0 Å². The molecule has 0 unspecified atom stereocenters. The van der Waals surface area contributed by atoms with Crippen molar-refractivity contribution in [2.24, 2.45) is 0 Å². The van der Waals surface area contributed by atoms with Gasteiger partial charge in [-0.3, -0.25) is 4.79 Å². The second-order valence-corrected chi connectivity index (χ2v) is 4.67. The molecule has 1 aliphatic rings. The summed E-state index contributed by atoms with van der Waals surface area (Å²) >= 11 is 0. The molecule has 0 spiro atoms. The number of nitrogens with zero attached hydrogens (tertiary/aromatic N) is 2. The lowest BCUT2D eigenvalue weighted by molar-refractivity contribution is 0.0950. The Morgan fingerprint density at radius 3 is 2.79 bits per heavy atom. The van der Waals surface area contributed by atoms with E-state index in [-0.39, 0.29) is 5.91 Å². The average Bonchev–Trinajstić information content (AvgIpc) is 3.23. The smallest absolute Gasteiger partial charge is 0.271 e. The van der Waals surface area contributed by atoms with Gasteiger partial charge in [0.15, 0.2) is 5.69 Å². The zero-order valence-corrected chi connectivity index (χ0v) is 11.3. The lowest BCUT2D eigenvalue weighted by atomic mass is 10.3. The van der Waals surface area contributed by atoms with Crippen molar-refractivity contribution in [3.63, 3.8) is 0 Å². The van der Waals surface area contributed by atoms with E-state index in [4.69, 9.17) is 0 Å². The Labute approximate surface area is 113 Å². The van der Waals surface area contributed by atoms with Crippen LogP contribution in [0, 0.1) is 0 Å². The summed E-state index contributed by atoms with van der Waals surface area (Å²) in [5.74, 6) is 0.523. The molecule has 1 fully saturated rings. The van der Waals surface area contributed by atoms with Crippen molar-refractivity contribution in [1.29, 1.82) is 0 Å². The standard InChI is InChI=1S/C13H21N5O/c1-2-14-13(19)11-6-7-12(18-17-11)16-9-3-8-15-10-4-5-10/h6-7,10,15H,2-5,8-9H2,1H3,(H,14,19)(H,16,18). The fourth-order valence-electron chi connectivity index (χ4n) is 1.70. The quantitative estimate of drug-likeness (QED) is 0.604. The van der Waals surface area contributed by atoms with E-state index in [0.29, 0.717) is 18.1 Å². The molecule has 0 aliphatic heterocycles. The van der Waals surface area contributed by atoms with Crippen LogP contribution in [-0.4, -0.2) is 41.8 Å². The van der Waals surface area contributed by atoms with E-state index in [0.717, 1.165) is 25.6 Å². The highest BCUT2D eigenvalue weighted by Gasteiger charge is 2.19. The summed E-state index contributed by atoms with van der Waals surface area (Å²) in [6, 6.07) is 4.23. The summed E-state index contributed by atoms with van der Waals surface area (Å²) in [5.41, 5.74) is 0.350. The number of nitrogens with one attached hydrogen (secondary N) is 3. The van der Waals surface area contributed by atoms with Gasteiger partial charge in [0.2, 0.25) is 0 Å². The molecule has 1 aromatic heterocycles. The first-order valence-electron chi connectivity index (χ1n) is 6.88. The third kappa shape index (κ3) is 4.82. The van der Waals surface area contributed by atoms with Gasteiger partial charge in [-0.05, 0) is 44.9 Å². The molecule has 0 saturated heterocycles. The van der Waals surface area contributed by atoms with Gasteiger partial charge in [-0.15, -0.1) is 10.2 Å². The number of carbonyl (C=O) groups is 1. The number of hydrogen-bond donors (Lipinski definition) is 3. The molecule has 0 bridgehead atoms. The zero-order chi connectivity index (χ0) is 13.5. The van der Waals surface area contributed by atoms with Gasteiger partial charge in [0.25, 0.3) is 5.91 Å². The molecule has 1 aromatic rings. The van der Waals surface area contributed by atoms with Crippen LogP contribution in [0.25, 0.3) is 0 Å². The first-order chi connectivity index (χ1) is 9.29. The molecule has 1 saturated carbocycles. The highest BCUT2D eigenvalue weighted by Crippen LogP contribution is 2.18. The number of aromatic nitrogens is 2. The summed E-state index contributed by atoms with van der Waals surface area (Å²) in [6.07, 6.45) is 3.69. The van der Waals surface area contributed by atoms with Crippen LogP contribution in [0.2, 0.25) is 0 Å². The number of rotatable bonds is 8. The highest BCUT2D eigenvalue weighted by molar-refractivity contribution is 5.92. The SMILES string of the molecule is CCNC(=O)c1ccc(NCCCNC2CC2)nn1. The first kappa shape index (κ1) is 13.7. The van der Waals surface area contributed by atoms with E-state index in [2.05, 4.69) is 26.1 Å². The van der Waals surface area contributed by atoms with E-state index in [1.165, 1.54) is 12.8 Å². The van der Waals surface area contributed by atoms with Crippen molar-refractivity contribution < 1.29 is 4.79 Å². The van der Waals surface area contributed by atoms with Crippen LogP contribution >= 0.6 is 0 Å². The van der Waals surface area contributed by atoms with Crippen LogP contribution in [0.15, 0.2) is 12.1 Å². The van der Waals surface area contributed by atoms with E-state index >= 15 is 0 Å². The molecule has 1 aliphatic carbocycles. The molecule has 6 heteroatoms. The predicted octanol–water partition coefficient (Wildman–Crippen LogP) is 0.780. The van der Waals surface area contributed by atoms with Crippen molar-refractivity contribution in [1.82, 2.24) is 20.8 Å². The zero-order valence-electron chi connectivity index (χ0n) is 11.3. The number of hydrogen-bond acceptors (Lipinski definition) is 5. The Bertz CT molecular complexity index is 402. The topological polar surface area (TPSA) is 78.9 Å². The van der Waals surface area contributed by atoms with Gasteiger partial charge in [0.1, 0.15) is 5.82 Å². The molecular weight excluding hydrogens is 242 g/mol. The summed E-state index contributed by atoms with van der Waals surface area (Å²) < 4.78 is 0. The third-order valence-corrected chi connectivity index (χ3v) is 2.90. The molecule has 0 atom stereocenters. The minimum absolute atomic E-state index is 0.185. The van der Waals surface area contributed by atoms with Gasteiger partial charge in [0, 0.05) is 19.1 Å². The largest absolute Gasteiger partial charge is 0.369 e. The molecule has 2 rings (SSSR count). The Kier molecular flexibility index (Phi) is 5.09. The molecule has 6 nitrogen and oxygen atoms in total. The van der Waals surface area contributed by atoms with Crippen molar-refractivity contribution in [2.75, 3.05) is 25.0 Å². The minimum Gasteiger partial charge on any atom is -0.369 e. The van der Waals surface area contributed by atoms with E-state index in [1.807, 2.05) is 6.92 Å². The van der Waals surface area contributed by atoms with E-state index in [9.17, 15) is 4.79 Å². The predicted molar refractivity (Wildman–Crippen MR) is 74.2 cm³/mol. The fraction of sp³-hybridized carbons (Fsp3) is 0.615. The second-order valence-electron chi connectivity index (χ2n) is 4.67. The van der Waals surface area contributed by atoms with Gasteiger partial charge in [-0.25, -0.2) is 0 Å². The Morgan fingerprint density at radius 1 is 1.32 bits per heavy atom. The molecule has 104 valence electrons. The molecule has 0 aromatic carbocycles. The van der Waals surface area contributed by atoms with Crippen LogP contribution in [0.1, 0.15) is 36.7 Å². The van der Waals surface area contributed by atoms with Crippen LogP contribution in [0.3, 0.4) is 0 Å². The van der Waals surface area contributed by atoms with Gasteiger partial charge in [-0.2, -0.15) is 0 Å². The Balaban J connectivity index is 1.67. The fourth-order valence-corrected chi connectivity index (χ4v) is 1.70. The maximum Gasteiger partial charge on any atom is 0.271 e. The molecule has 1 heterocycles. The number of carbonyl (C=O) groups excluding carboxylic acids is 1. The molecule has 3 N–H and O–H groups in total. The highest BCUT2D eigenvalue weighted by atomic mass is 16.1. The Hall–Kier alpha value is -1.69.